The van der Waals surface area contributed by atoms with Crippen molar-refractivity contribution in [2.45, 2.75) is 30.8 Å². The molecule has 3 rings (SSSR count). The van der Waals surface area contributed by atoms with Gasteiger partial charge in [-0.05, 0) is 63.4 Å². The van der Waals surface area contributed by atoms with E-state index in [2.05, 4.69) is 15.2 Å². The van der Waals surface area contributed by atoms with Gasteiger partial charge in [0.2, 0.25) is 0 Å². The lowest BCUT2D eigenvalue weighted by atomic mass is 10.2. The zero-order valence-electron chi connectivity index (χ0n) is 14.1. The molecule has 0 unspecified atom stereocenters. The van der Waals surface area contributed by atoms with Crippen molar-refractivity contribution in [2.24, 2.45) is 0 Å². The normalized spacial score (nSPS) is 16.2. The third kappa shape index (κ3) is 3.82. The molecule has 0 radical (unpaired) electrons. The van der Waals surface area contributed by atoms with Crippen LogP contribution in [0.25, 0.3) is 0 Å². The topological polar surface area (TPSA) is 58.4 Å². The van der Waals surface area contributed by atoms with E-state index in [1.54, 1.807) is 12.3 Å². The number of hydrogen-bond acceptors (Lipinski definition) is 5. The summed E-state index contributed by atoms with van der Waals surface area (Å²) in [7, 11) is 0. The summed E-state index contributed by atoms with van der Waals surface area (Å²) in [6.45, 7) is 4.57. The number of thioether (sulfide) groups is 1. The molecule has 0 aromatic carbocycles. The predicted molar refractivity (Wildman–Crippen MR) is 95.3 cm³/mol. The Balaban J connectivity index is 1.72. The number of carbonyl (C=O) groups excluding carboxylic acids is 1. The number of aryl methyl sites for hydroxylation is 1. The number of nitrogens with one attached hydrogen (secondary N) is 1. The molecule has 128 valence electrons. The minimum Gasteiger partial charge on any atom is -0.465 e. The molecule has 0 aliphatic carbocycles. The monoisotopic (exact) mass is 345 g/mol. The highest BCUT2D eigenvalue weighted by molar-refractivity contribution is 7.98. The van der Waals surface area contributed by atoms with Crippen LogP contribution in [0.5, 0.6) is 0 Å². The van der Waals surface area contributed by atoms with Crippen LogP contribution >= 0.6 is 11.8 Å². The fourth-order valence-corrected chi connectivity index (χ4v) is 3.65. The van der Waals surface area contributed by atoms with Crippen molar-refractivity contribution in [3.63, 3.8) is 0 Å². The molecule has 1 amide bonds. The van der Waals surface area contributed by atoms with E-state index in [1.165, 1.54) is 24.6 Å². The number of nitrogens with zero attached hydrogens (tertiary/aromatic N) is 2. The molecule has 1 fully saturated rings. The summed E-state index contributed by atoms with van der Waals surface area (Å²) in [5.41, 5.74) is 0.626. The number of furan rings is 1. The van der Waals surface area contributed by atoms with Gasteiger partial charge in [0.15, 0.2) is 0 Å². The van der Waals surface area contributed by atoms with Crippen LogP contribution in [0.4, 0.5) is 0 Å². The first-order valence-corrected chi connectivity index (χ1v) is 9.49. The highest BCUT2D eigenvalue weighted by Gasteiger charge is 2.26. The van der Waals surface area contributed by atoms with E-state index in [1.807, 2.05) is 31.4 Å². The number of carbonyl (C=O) groups is 1. The first-order valence-electron chi connectivity index (χ1n) is 8.26. The smallest absolute Gasteiger partial charge is 0.254 e. The molecule has 2 aromatic rings. The number of amides is 1. The summed E-state index contributed by atoms with van der Waals surface area (Å²) in [4.78, 5) is 19.2. The average molecular weight is 345 g/mol. The molecule has 1 atom stereocenters. The Labute approximate surface area is 146 Å². The van der Waals surface area contributed by atoms with Crippen LogP contribution in [-0.2, 0) is 0 Å². The number of likely N-dealkylation sites (tertiary alicyclic amines) is 1. The number of aromatic nitrogens is 1. The molecule has 24 heavy (non-hydrogen) atoms. The molecule has 5 nitrogen and oxygen atoms in total. The van der Waals surface area contributed by atoms with Crippen LogP contribution in [-0.4, -0.2) is 41.7 Å². The molecule has 1 aliphatic rings. The molecule has 2 aromatic heterocycles. The van der Waals surface area contributed by atoms with Gasteiger partial charge in [-0.3, -0.25) is 9.69 Å². The Hall–Kier alpha value is -1.79. The summed E-state index contributed by atoms with van der Waals surface area (Å²) < 4.78 is 5.83. The van der Waals surface area contributed by atoms with Crippen molar-refractivity contribution < 1.29 is 9.21 Å². The molecular weight excluding hydrogens is 322 g/mol. The summed E-state index contributed by atoms with van der Waals surface area (Å²) in [6, 6.07) is 7.69. The van der Waals surface area contributed by atoms with E-state index in [0.29, 0.717) is 12.1 Å². The molecule has 0 saturated carbocycles. The zero-order chi connectivity index (χ0) is 16.9. The van der Waals surface area contributed by atoms with Crippen molar-refractivity contribution in [1.82, 2.24) is 15.2 Å². The number of pyridine rings is 1. The van der Waals surface area contributed by atoms with Gasteiger partial charge in [-0.25, -0.2) is 4.98 Å². The maximum Gasteiger partial charge on any atom is 0.254 e. The van der Waals surface area contributed by atoms with Gasteiger partial charge >= 0.3 is 0 Å². The Morgan fingerprint density at radius 2 is 2.17 bits per heavy atom. The van der Waals surface area contributed by atoms with Crippen molar-refractivity contribution in [1.29, 1.82) is 0 Å². The van der Waals surface area contributed by atoms with E-state index < -0.39 is 0 Å². The van der Waals surface area contributed by atoms with Crippen molar-refractivity contribution >= 4 is 17.7 Å². The van der Waals surface area contributed by atoms with E-state index in [4.69, 9.17) is 4.42 Å². The third-order valence-corrected chi connectivity index (χ3v) is 5.05. The van der Waals surface area contributed by atoms with Crippen LogP contribution < -0.4 is 5.32 Å². The van der Waals surface area contributed by atoms with Crippen LogP contribution in [0, 0.1) is 6.92 Å². The van der Waals surface area contributed by atoms with E-state index >= 15 is 0 Å². The fourth-order valence-electron chi connectivity index (χ4n) is 3.11. The van der Waals surface area contributed by atoms with E-state index in [-0.39, 0.29) is 11.9 Å². The lowest BCUT2D eigenvalue weighted by Crippen LogP contribution is -2.36. The van der Waals surface area contributed by atoms with Gasteiger partial charge in [-0.1, -0.05) is 0 Å². The molecule has 1 N–H and O–H groups in total. The quantitative estimate of drug-likeness (QED) is 0.814. The van der Waals surface area contributed by atoms with Gasteiger partial charge in [0.25, 0.3) is 5.91 Å². The summed E-state index contributed by atoms with van der Waals surface area (Å²) in [6.07, 6.45) is 6.03. The zero-order valence-corrected chi connectivity index (χ0v) is 14.9. The molecule has 1 aliphatic heterocycles. The van der Waals surface area contributed by atoms with Gasteiger partial charge in [-0.2, -0.15) is 0 Å². The van der Waals surface area contributed by atoms with Crippen molar-refractivity contribution in [2.75, 3.05) is 25.9 Å². The maximum atomic E-state index is 12.6. The van der Waals surface area contributed by atoms with Gasteiger partial charge in [-0.15, -0.1) is 11.8 Å². The van der Waals surface area contributed by atoms with Gasteiger partial charge in [0, 0.05) is 12.7 Å². The van der Waals surface area contributed by atoms with Crippen LogP contribution in [0.2, 0.25) is 0 Å². The Kier molecular flexibility index (Phi) is 5.58. The number of hydrogen-bond donors (Lipinski definition) is 1. The van der Waals surface area contributed by atoms with Crippen molar-refractivity contribution in [3.05, 3.63) is 47.5 Å². The molecular formula is C18H23N3O2S. The lowest BCUT2D eigenvalue weighted by molar-refractivity contribution is 0.0930. The van der Waals surface area contributed by atoms with Crippen LogP contribution in [0.1, 0.15) is 40.8 Å². The standard InChI is InChI=1S/C18H23N3O2S/c1-13-7-8-16(23-13)15(21-10-3-4-11-21)12-20-17(22)14-6-5-9-19-18(14)24-2/h5-9,15H,3-4,10-12H2,1-2H3,(H,20,22)/t15-/m1/s1. The predicted octanol–water partition coefficient (Wildman–Crippen LogP) is 3.27. The number of rotatable bonds is 6. The minimum atomic E-state index is -0.0834. The molecule has 3 heterocycles. The molecule has 6 heteroatoms. The molecule has 0 bridgehead atoms. The first-order chi connectivity index (χ1) is 11.7. The SMILES string of the molecule is CSc1ncccc1C(=O)NC[C@H](c1ccc(C)o1)N1CCCC1. The second-order valence-corrected chi connectivity index (χ2v) is 6.77. The minimum absolute atomic E-state index is 0.0829. The van der Waals surface area contributed by atoms with Crippen LogP contribution in [0.3, 0.4) is 0 Å². The van der Waals surface area contributed by atoms with Gasteiger partial charge in [0.05, 0.1) is 11.6 Å². The van der Waals surface area contributed by atoms with E-state index in [9.17, 15) is 4.79 Å². The van der Waals surface area contributed by atoms with Gasteiger partial charge in [0.1, 0.15) is 16.5 Å². The fraction of sp³-hybridized carbons (Fsp3) is 0.444. The summed E-state index contributed by atoms with van der Waals surface area (Å²) in [5, 5.41) is 3.82. The van der Waals surface area contributed by atoms with Crippen molar-refractivity contribution in [3.8, 4) is 0 Å². The molecule has 1 saturated heterocycles. The largest absolute Gasteiger partial charge is 0.465 e. The molecule has 0 spiro atoms. The third-order valence-electron chi connectivity index (χ3n) is 4.34. The highest BCUT2D eigenvalue weighted by Crippen LogP contribution is 2.26. The second kappa shape index (κ2) is 7.85. The van der Waals surface area contributed by atoms with E-state index in [0.717, 1.165) is 29.6 Å². The Bertz CT molecular complexity index is 695. The lowest BCUT2D eigenvalue weighted by Gasteiger charge is -2.26. The second-order valence-electron chi connectivity index (χ2n) is 5.98. The Morgan fingerprint density at radius 3 is 2.83 bits per heavy atom. The Morgan fingerprint density at radius 1 is 1.38 bits per heavy atom. The summed E-state index contributed by atoms with van der Waals surface area (Å²) >= 11 is 1.48. The maximum absolute atomic E-state index is 12.6. The van der Waals surface area contributed by atoms with Gasteiger partial charge < -0.3 is 9.73 Å². The first kappa shape index (κ1) is 17.0. The van der Waals surface area contributed by atoms with Crippen LogP contribution in [0.15, 0.2) is 39.9 Å². The summed E-state index contributed by atoms with van der Waals surface area (Å²) in [5.74, 6) is 1.74. The average Bonchev–Trinajstić information content (AvgIpc) is 3.27. The highest BCUT2D eigenvalue weighted by atomic mass is 32.2.